The maximum absolute atomic E-state index is 12.6. The fourth-order valence-corrected chi connectivity index (χ4v) is 3.30. The van der Waals surface area contributed by atoms with Gasteiger partial charge in [0.05, 0.1) is 6.42 Å². The first kappa shape index (κ1) is 17.1. The third kappa shape index (κ3) is 3.55. The van der Waals surface area contributed by atoms with Crippen LogP contribution in [-0.4, -0.2) is 40.6 Å². The standard InChI is InChI=1S/C18H21N3O4/c1-10(2)19-16(23)8-11-3-4-13-12(7-11)9-21(18(13)25)14-5-6-15(22)20-17(14)24/h3-4,7,10,14H,5-6,8-9H2,1-2H3,(H,19,23)(H,20,22,24). The number of imide groups is 1. The SMILES string of the molecule is CC(C)NC(=O)Cc1ccc2c(c1)CN(C1CCC(=O)NC1=O)C2=O. The van der Waals surface area contributed by atoms with Crippen molar-refractivity contribution in [2.24, 2.45) is 0 Å². The van der Waals surface area contributed by atoms with Crippen molar-refractivity contribution in [1.82, 2.24) is 15.5 Å². The van der Waals surface area contributed by atoms with Gasteiger partial charge in [-0.25, -0.2) is 0 Å². The topological polar surface area (TPSA) is 95.6 Å². The van der Waals surface area contributed by atoms with Crippen LogP contribution in [0.1, 0.15) is 48.2 Å². The third-order valence-corrected chi connectivity index (χ3v) is 4.40. The van der Waals surface area contributed by atoms with E-state index in [-0.39, 0.29) is 36.6 Å². The van der Waals surface area contributed by atoms with Crippen molar-refractivity contribution < 1.29 is 19.2 Å². The van der Waals surface area contributed by atoms with E-state index in [1.807, 2.05) is 19.9 Å². The molecule has 132 valence electrons. The number of rotatable bonds is 4. The summed E-state index contributed by atoms with van der Waals surface area (Å²) in [5, 5.41) is 5.12. The Bertz CT molecular complexity index is 757. The molecular weight excluding hydrogens is 322 g/mol. The molecule has 2 N–H and O–H groups in total. The summed E-state index contributed by atoms with van der Waals surface area (Å²) < 4.78 is 0. The Kier molecular flexibility index (Phi) is 4.57. The smallest absolute Gasteiger partial charge is 0.255 e. The van der Waals surface area contributed by atoms with E-state index >= 15 is 0 Å². The number of benzene rings is 1. The van der Waals surface area contributed by atoms with Gasteiger partial charge in [-0.3, -0.25) is 24.5 Å². The van der Waals surface area contributed by atoms with Crippen LogP contribution in [0.5, 0.6) is 0 Å². The summed E-state index contributed by atoms with van der Waals surface area (Å²) in [6, 6.07) is 4.78. The number of nitrogens with zero attached hydrogens (tertiary/aromatic N) is 1. The van der Waals surface area contributed by atoms with Crippen LogP contribution < -0.4 is 10.6 Å². The summed E-state index contributed by atoms with van der Waals surface area (Å²) in [5.41, 5.74) is 2.19. The summed E-state index contributed by atoms with van der Waals surface area (Å²) >= 11 is 0. The summed E-state index contributed by atoms with van der Waals surface area (Å²) in [4.78, 5) is 49.3. The Labute approximate surface area is 145 Å². The zero-order valence-corrected chi connectivity index (χ0v) is 14.3. The monoisotopic (exact) mass is 343 g/mol. The minimum Gasteiger partial charge on any atom is -0.354 e. The highest BCUT2D eigenvalue weighted by molar-refractivity contribution is 6.05. The van der Waals surface area contributed by atoms with E-state index in [2.05, 4.69) is 10.6 Å². The van der Waals surface area contributed by atoms with Crippen molar-refractivity contribution in [2.45, 2.75) is 51.7 Å². The van der Waals surface area contributed by atoms with Gasteiger partial charge in [0.2, 0.25) is 17.7 Å². The van der Waals surface area contributed by atoms with Crippen LogP contribution in [0.2, 0.25) is 0 Å². The molecule has 4 amide bonds. The molecule has 1 aromatic carbocycles. The van der Waals surface area contributed by atoms with Crippen LogP contribution in [0.3, 0.4) is 0 Å². The molecule has 0 bridgehead atoms. The summed E-state index contributed by atoms with van der Waals surface area (Å²) in [5.74, 6) is -0.998. The Morgan fingerprint density at radius 2 is 2.08 bits per heavy atom. The highest BCUT2D eigenvalue weighted by atomic mass is 16.2. The van der Waals surface area contributed by atoms with Gasteiger partial charge < -0.3 is 10.2 Å². The molecule has 1 aromatic rings. The quantitative estimate of drug-likeness (QED) is 0.779. The Balaban J connectivity index is 1.74. The first-order chi connectivity index (χ1) is 11.8. The second-order valence-electron chi connectivity index (χ2n) is 6.79. The van der Waals surface area contributed by atoms with Crippen LogP contribution in [0, 0.1) is 0 Å². The van der Waals surface area contributed by atoms with Crippen molar-refractivity contribution in [3.05, 3.63) is 34.9 Å². The van der Waals surface area contributed by atoms with Crippen molar-refractivity contribution >= 4 is 23.6 Å². The number of hydrogen-bond donors (Lipinski definition) is 2. The number of piperidine rings is 1. The molecule has 0 radical (unpaired) electrons. The molecule has 25 heavy (non-hydrogen) atoms. The van der Waals surface area contributed by atoms with Crippen LogP contribution in [0.4, 0.5) is 0 Å². The molecular formula is C18H21N3O4. The Morgan fingerprint density at radius 3 is 2.76 bits per heavy atom. The maximum Gasteiger partial charge on any atom is 0.255 e. The molecule has 2 aliphatic heterocycles. The number of fused-ring (bicyclic) bond motifs is 1. The summed E-state index contributed by atoms with van der Waals surface area (Å²) in [6.45, 7) is 4.12. The van der Waals surface area contributed by atoms with Crippen LogP contribution in [-0.2, 0) is 27.3 Å². The molecule has 1 atom stereocenters. The number of nitrogens with one attached hydrogen (secondary N) is 2. The van der Waals surface area contributed by atoms with E-state index in [4.69, 9.17) is 0 Å². The van der Waals surface area contributed by atoms with E-state index in [9.17, 15) is 19.2 Å². The lowest BCUT2D eigenvalue weighted by molar-refractivity contribution is -0.137. The normalized spacial score (nSPS) is 19.9. The molecule has 2 heterocycles. The number of carbonyl (C=O) groups excluding carboxylic acids is 4. The maximum atomic E-state index is 12.6. The average molecular weight is 343 g/mol. The van der Waals surface area contributed by atoms with Gasteiger partial charge >= 0.3 is 0 Å². The van der Waals surface area contributed by atoms with Crippen LogP contribution in [0.25, 0.3) is 0 Å². The molecule has 0 aromatic heterocycles. The van der Waals surface area contributed by atoms with Gasteiger partial charge in [0.1, 0.15) is 6.04 Å². The molecule has 7 heteroatoms. The van der Waals surface area contributed by atoms with Crippen LogP contribution >= 0.6 is 0 Å². The highest BCUT2D eigenvalue weighted by Gasteiger charge is 2.39. The first-order valence-corrected chi connectivity index (χ1v) is 8.41. The van der Waals surface area contributed by atoms with Gasteiger partial charge in [-0.15, -0.1) is 0 Å². The van der Waals surface area contributed by atoms with Crippen molar-refractivity contribution in [2.75, 3.05) is 0 Å². The third-order valence-electron chi connectivity index (χ3n) is 4.40. The molecule has 0 spiro atoms. The zero-order valence-electron chi connectivity index (χ0n) is 14.3. The largest absolute Gasteiger partial charge is 0.354 e. The highest BCUT2D eigenvalue weighted by Crippen LogP contribution is 2.28. The summed E-state index contributed by atoms with van der Waals surface area (Å²) in [7, 11) is 0. The minimum absolute atomic E-state index is 0.0682. The zero-order chi connectivity index (χ0) is 18.1. The molecule has 1 fully saturated rings. The van der Waals surface area contributed by atoms with Crippen molar-refractivity contribution in [3.63, 3.8) is 0 Å². The molecule has 7 nitrogen and oxygen atoms in total. The first-order valence-electron chi connectivity index (χ1n) is 8.41. The van der Waals surface area contributed by atoms with Crippen LogP contribution in [0.15, 0.2) is 18.2 Å². The lowest BCUT2D eigenvalue weighted by Gasteiger charge is -2.29. The van der Waals surface area contributed by atoms with E-state index in [0.29, 0.717) is 18.5 Å². The predicted molar refractivity (Wildman–Crippen MR) is 89.5 cm³/mol. The molecule has 1 saturated heterocycles. The second kappa shape index (κ2) is 6.66. The average Bonchev–Trinajstić information content (AvgIpc) is 2.83. The predicted octanol–water partition coefficient (Wildman–Crippen LogP) is 0.515. The van der Waals surface area contributed by atoms with E-state index in [1.54, 1.807) is 12.1 Å². The molecule has 3 rings (SSSR count). The minimum atomic E-state index is -0.620. The fraction of sp³-hybridized carbons (Fsp3) is 0.444. The lowest BCUT2D eigenvalue weighted by atomic mass is 10.0. The van der Waals surface area contributed by atoms with E-state index in [0.717, 1.165) is 11.1 Å². The Hall–Kier alpha value is -2.70. The number of carbonyl (C=O) groups is 4. The van der Waals surface area contributed by atoms with Gasteiger partial charge in [0.25, 0.3) is 5.91 Å². The number of hydrogen-bond acceptors (Lipinski definition) is 4. The number of amides is 4. The van der Waals surface area contributed by atoms with E-state index in [1.165, 1.54) is 4.90 Å². The molecule has 1 unspecified atom stereocenters. The van der Waals surface area contributed by atoms with Gasteiger partial charge in [0.15, 0.2) is 0 Å². The van der Waals surface area contributed by atoms with Crippen molar-refractivity contribution in [3.8, 4) is 0 Å². The van der Waals surface area contributed by atoms with Gasteiger partial charge in [0, 0.05) is 24.6 Å². The lowest BCUT2D eigenvalue weighted by Crippen LogP contribution is -2.52. The summed E-state index contributed by atoms with van der Waals surface area (Å²) in [6.07, 6.45) is 0.823. The van der Waals surface area contributed by atoms with Gasteiger partial charge in [-0.05, 0) is 37.5 Å². The molecule has 2 aliphatic rings. The Morgan fingerprint density at radius 1 is 1.32 bits per heavy atom. The fourth-order valence-electron chi connectivity index (χ4n) is 3.30. The molecule has 0 aliphatic carbocycles. The van der Waals surface area contributed by atoms with E-state index < -0.39 is 11.9 Å². The molecule has 0 saturated carbocycles. The van der Waals surface area contributed by atoms with Gasteiger partial charge in [-0.1, -0.05) is 12.1 Å². The van der Waals surface area contributed by atoms with Gasteiger partial charge in [-0.2, -0.15) is 0 Å². The van der Waals surface area contributed by atoms with Crippen molar-refractivity contribution in [1.29, 1.82) is 0 Å². The second-order valence-corrected chi connectivity index (χ2v) is 6.79.